The van der Waals surface area contributed by atoms with Crippen molar-refractivity contribution in [3.05, 3.63) is 22.4 Å². The highest BCUT2D eigenvalue weighted by molar-refractivity contribution is 7.10. The average molecular weight is 339 g/mol. The third-order valence-corrected chi connectivity index (χ3v) is 6.20. The minimum atomic E-state index is -0.403. The predicted molar refractivity (Wildman–Crippen MR) is 87.7 cm³/mol. The van der Waals surface area contributed by atoms with E-state index in [2.05, 4.69) is 4.90 Å². The van der Waals surface area contributed by atoms with Crippen LogP contribution in [0.4, 0.5) is 0 Å². The van der Waals surface area contributed by atoms with Crippen LogP contribution in [-0.2, 0) is 14.2 Å². The first kappa shape index (κ1) is 16.0. The van der Waals surface area contributed by atoms with Gasteiger partial charge < -0.3 is 19.3 Å². The lowest BCUT2D eigenvalue weighted by atomic mass is 9.98. The van der Waals surface area contributed by atoms with E-state index in [1.807, 2.05) is 17.5 Å². The van der Waals surface area contributed by atoms with Gasteiger partial charge >= 0.3 is 0 Å². The average Bonchev–Trinajstić information content (AvgIpc) is 3.18. The molecule has 0 amide bonds. The zero-order valence-electron chi connectivity index (χ0n) is 13.4. The summed E-state index contributed by atoms with van der Waals surface area (Å²) in [7, 11) is 0. The number of aliphatic hydroxyl groups excluding tert-OH is 1. The summed E-state index contributed by atoms with van der Waals surface area (Å²) >= 11 is 1.62. The Morgan fingerprint density at radius 1 is 1.39 bits per heavy atom. The Morgan fingerprint density at radius 2 is 2.30 bits per heavy atom. The van der Waals surface area contributed by atoms with E-state index >= 15 is 0 Å². The minimum absolute atomic E-state index is 0.0168. The van der Waals surface area contributed by atoms with Gasteiger partial charge in [-0.2, -0.15) is 0 Å². The molecule has 4 heterocycles. The summed E-state index contributed by atoms with van der Waals surface area (Å²) in [4.78, 5) is 3.49. The molecule has 3 aliphatic rings. The van der Waals surface area contributed by atoms with Crippen molar-refractivity contribution in [1.82, 2.24) is 4.90 Å². The van der Waals surface area contributed by atoms with Crippen LogP contribution in [0.15, 0.2) is 17.5 Å². The Balaban J connectivity index is 1.34. The molecule has 1 aromatic heterocycles. The van der Waals surface area contributed by atoms with E-state index in [4.69, 9.17) is 14.2 Å². The van der Waals surface area contributed by atoms with Crippen molar-refractivity contribution >= 4 is 11.3 Å². The lowest BCUT2D eigenvalue weighted by Gasteiger charge is -2.40. The monoisotopic (exact) mass is 339 g/mol. The first-order valence-electron chi connectivity index (χ1n) is 8.53. The van der Waals surface area contributed by atoms with Crippen molar-refractivity contribution < 1.29 is 19.3 Å². The fraction of sp³-hybridized carbons (Fsp3) is 0.765. The molecule has 6 heteroatoms. The third kappa shape index (κ3) is 3.48. The summed E-state index contributed by atoms with van der Waals surface area (Å²) in [5.41, 5.74) is 0.0168. The molecule has 0 radical (unpaired) electrons. The molecule has 5 nitrogen and oxygen atoms in total. The lowest BCUT2D eigenvalue weighted by molar-refractivity contribution is -0.203. The van der Waals surface area contributed by atoms with Gasteiger partial charge in [0, 0.05) is 24.0 Å². The summed E-state index contributed by atoms with van der Waals surface area (Å²) in [5.74, 6) is 0. The van der Waals surface area contributed by atoms with Crippen LogP contribution in [0.25, 0.3) is 0 Å². The van der Waals surface area contributed by atoms with E-state index < -0.39 is 6.10 Å². The van der Waals surface area contributed by atoms with Gasteiger partial charge in [0.2, 0.25) is 0 Å². The summed E-state index contributed by atoms with van der Waals surface area (Å²) in [6.07, 6.45) is 2.84. The second kappa shape index (κ2) is 6.78. The van der Waals surface area contributed by atoms with Crippen LogP contribution in [0.2, 0.25) is 0 Å². The Hall–Kier alpha value is -0.500. The third-order valence-electron chi connectivity index (χ3n) is 5.22. The molecule has 1 N–H and O–H groups in total. The van der Waals surface area contributed by atoms with Gasteiger partial charge in [-0.15, -0.1) is 11.3 Å². The maximum Gasteiger partial charge on any atom is 0.115 e. The minimum Gasteiger partial charge on any atom is -0.388 e. The molecule has 1 spiro atoms. The molecule has 128 valence electrons. The predicted octanol–water partition coefficient (Wildman–Crippen LogP) is 1.82. The van der Waals surface area contributed by atoms with Crippen LogP contribution < -0.4 is 0 Å². The smallest absolute Gasteiger partial charge is 0.115 e. The van der Waals surface area contributed by atoms with E-state index in [1.54, 1.807) is 11.3 Å². The van der Waals surface area contributed by atoms with Gasteiger partial charge in [-0.05, 0) is 30.7 Å². The molecular formula is C17H25NO4S. The number of hydrogen-bond acceptors (Lipinski definition) is 6. The van der Waals surface area contributed by atoms with Crippen molar-refractivity contribution in [3.8, 4) is 0 Å². The standard InChI is InChI=1S/C17H25NO4S/c19-15(16-2-1-7-23-16)8-13-10-20-6-5-18(13)9-14-3-4-17(22-14)11-21-12-17/h1-2,7,13-15,19H,3-6,8-12H2. The normalized spacial score (nSPS) is 32.0. The summed E-state index contributed by atoms with van der Waals surface area (Å²) < 4.78 is 17.2. The molecule has 0 saturated carbocycles. The molecule has 4 rings (SSSR count). The van der Waals surface area contributed by atoms with E-state index in [1.165, 1.54) is 0 Å². The first-order valence-corrected chi connectivity index (χ1v) is 9.41. The largest absolute Gasteiger partial charge is 0.388 e. The number of nitrogens with zero attached hydrogens (tertiary/aromatic N) is 1. The zero-order chi connectivity index (χ0) is 15.7. The van der Waals surface area contributed by atoms with Crippen LogP contribution in [0.3, 0.4) is 0 Å². The van der Waals surface area contributed by atoms with Gasteiger partial charge in [0.1, 0.15) is 5.60 Å². The van der Waals surface area contributed by atoms with Crippen LogP contribution in [0, 0.1) is 0 Å². The van der Waals surface area contributed by atoms with Crippen LogP contribution in [0.5, 0.6) is 0 Å². The topological polar surface area (TPSA) is 51.2 Å². The Labute approximate surface area is 141 Å². The quantitative estimate of drug-likeness (QED) is 0.887. The van der Waals surface area contributed by atoms with Gasteiger partial charge in [0.15, 0.2) is 0 Å². The molecule has 3 aliphatic heterocycles. The van der Waals surface area contributed by atoms with E-state index in [9.17, 15) is 5.11 Å². The second-order valence-electron chi connectivity index (χ2n) is 6.94. The SMILES string of the molecule is OC(CC1COCCN1CC1CCC2(COC2)O1)c1cccs1. The van der Waals surface area contributed by atoms with Crippen LogP contribution in [0.1, 0.15) is 30.2 Å². The summed E-state index contributed by atoms with van der Waals surface area (Å²) in [6, 6.07) is 4.26. The van der Waals surface area contributed by atoms with E-state index in [0.29, 0.717) is 12.7 Å². The molecular weight excluding hydrogens is 314 g/mol. The molecule has 3 unspecified atom stereocenters. The van der Waals surface area contributed by atoms with Gasteiger partial charge in [-0.25, -0.2) is 0 Å². The zero-order valence-corrected chi connectivity index (χ0v) is 14.2. The number of morpholine rings is 1. The second-order valence-corrected chi connectivity index (χ2v) is 7.92. The number of rotatable bonds is 5. The first-order chi connectivity index (χ1) is 11.2. The maximum absolute atomic E-state index is 10.5. The maximum atomic E-state index is 10.5. The van der Waals surface area contributed by atoms with Gasteiger partial charge in [0.05, 0.1) is 38.6 Å². The molecule has 0 aromatic carbocycles. The molecule has 1 aromatic rings. The molecule has 3 saturated heterocycles. The summed E-state index contributed by atoms with van der Waals surface area (Å²) in [6.45, 7) is 4.84. The van der Waals surface area contributed by atoms with Gasteiger partial charge in [-0.3, -0.25) is 4.90 Å². The highest BCUT2D eigenvalue weighted by atomic mass is 32.1. The number of thiophene rings is 1. The lowest BCUT2D eigenvalue weighted by Crippen LogP contribution is -2.52. The molecule has 0 aliphatic carbocycles. The van der Waals surface area contributed by atoms with Crippen molar-refractivity contribution in [2.45, 2.75) is 43.1 Å². The van der Waals surface area contributed by atoms with E-state index in [-0.39, 0.29) is 11.6 Å². The highest BCUT2D eigenvalue weighted by Crippen LogP contribution is 2.37. The molecule has 23 heavy (non-hydrogen) atoms. The Morgan fingerprint density at radius 3 is 3.00 bits per heavy atom. The molecule has 0 bridgehead atoms. The van der Waals surface area contributed by atoms with E-state index in [0.717, 1.165) is 57.0 Å². The van der Waals surface area contributed by atoms with Gasteiger partial charge in [0.25, 0.3) is 0 Å². The Kier molecular flexibility index (Phi) is 4.72. The van der Waals surface area contributed by atoms with Gasteiger partial charge in [-0.1, -0.05) is 6.07 Å². The fourth-order valence-corrected chi connectivity index (χ4v) is 4.55. The molecule has 3 fully saturated rings. The Bertz CT molecular complexity index is 505. The highest BCUT2D eigenvalue weighted by Gasteiger charge is 2.47. The molecule has 3 atom stereocenters. The fourth-order valence-electron chi connectivity index (χ4n) is 3.83. The van der Waals surface area contributed by atoms with Crippen LogP contribution >= 0.6 is 11.3 Å². The summed E-state index contributed by atoms with van der Waals surface area (Å²) in [5, 5.41) is 12.5. The van der Waals surface area contributed by atoms with Crippen LogP contribution in [-0.4, -0.2) is 67.3 Å². The van der Waals surface area contributed by atoms with Crippen molar-refractivity contribution in [3.63, 3.8) is 0 Å². The van der Waals surface area contributed by atoms with Crippen molar-refractivity contribution in [1.29, 1.82) is 0 Å². The number of hydrogen-bond donors (Lipinski definition) is 1. The number of ether oxygens (including phenoxy) is 3. The number of aliphatic hydroxyl groups is 1. The van der Waals surface area contributed by atoms with Crippen molar-refractivity contribution in [2.75, 3.05) is 39.5 Å². The van der Waals surface area contributed by atoms with Crippen molar-refractivity contribution in [2.24, 2.45) is 0 Å².